The molecule has 9 nitrogen and oxygen atoms in total. The number of hydrogen-bond donors (Lipinski definition) is 2. The van der Waals surface area contributed by atoms with Gasteiger partial charge < -0.3 is 19.7 Å². The van der Waals surface area contributed by atoms with Gasteiger partial charge in [-0.25, -0.2) is 4.79 Å². The summed E-state index contributed by atoms with van der Waals surface area (Å²) in [6.07, 6.45) is 3.47. The van der Waals surface area contributed by atoms with Crippen LogP contribution >= 0.6 is 11.3 Å². The molecule has 1 fully saturated rings. The Balaban J connectivity index is 1.56. The maximum atomic E-state index is 12.3. The molecular formula is C18H23N5O4S. The fourth-order valence-electron chi connectivity index (χ4n) is 2.90. The van der Waals surface area contributed by atoms with Crippen molar-refractivity contribution in [1.82, 2.24) is 15.1 Å². The summed E-state index contributed by atoms with van der Waals surface area (Å²) >= 11 is 1.19. The van der Waals surface area contributed by atoms with Crippen LogP contribution in [0.15, 0.2) is 18.2 Å². The zero-order valence-electron chi connectivity index (χ0n) is 15.9. The zero-order chi connectivity index (χ0) is 19.9. The number of amides is 3. The summed E-state index contributed by atoms with van der Waals surface area (Å²) in [6.45, 7) is 1.60. The highest BCUT2D eigenvalue weighted by atomic mass is 32.1. The number of methoxy groups -OCH3 is 2. The Hall–Kier alpha value is -2.88. The van der Waals surface area contributed by atoms with Gasteiger partial charge in [-0.3, -0.25) is 10.1 Å². The van der Waals surface area contributed by atoms with Crippen LogP contribution in [0.1, 0.15) is 24.3 Å². The van der Waals surface area contributed by atoms with Crippen LogP contribution in [0.3, 0.4) is 0 Å². The van der Waals surface area contributed by atoms with Crippen LogP contribution in [0.4, 0.5) is 15.6 Å². The lowest BCUT2D eigenvalue weighted by molar-refractivity contribution is -0.131. The van der Waals surface area contributed by atoms with E-state index in [2.05, 4.69) is 20.8 Å². The molecule has 28 heavy (non-hydrogen) atoms. The molecule has 0 aliphatic carbocycles. The van der Waals surface area contributed by atoms with Gasteiger partial charge in [0.2, 0.25) is 11.0 Å². The number of piperidine rings is 1. The molecule has 10 heteroatoms. The molecule has 1 aliphatic rings. The molecule has 3 amide bonds. The molecule has 0 saturated carbocycles. The number of anilines is 2. The number of nitrogens with zero attached hydrogens (tertiary/aromatic N) is 3. The van der Waals surface area contributed by atoms with Crippen molar-refractivity contribution in [3.05, 3.63) is 23.2 Å². The summed E-state index contributed by atoms with van der Waals surface area (Å²) in [7, 11) is 3.07. The number of aromatic nitrogens is 2. The van der Waals surface area contributed by atoms with Gasteiger partial charge in [0.25, 0.3) is 0 Å². The first-order valence-corrected chi connectivity index (χ1v) is 9.80. The Kier molecular flexibility index (Phi) is 6.64. The Morgan fingerprint density at radius 3 is 2.36 bits per heavy atom. The van der Waals surface area contributed by atoms with E-state index in [1.807, 2.05) is 4.90 Å². The number of hydrogen-bond acceptors (Lipinski definition) is 7. The van der Waals surface area contributed by atoms with Crippen molar-refractivity contribution >= 4 is 34.1 Å². The summed E-state index contributed by atoms with van der Waals surface area (Å²) in [5.41, 5.74) is 0.513. The van der Waals surface area contributed by atoms with Gasteiger partial charge in [-0.1, -0.05) is 11.3 Å². The van der Waals surface area contributed by atoms with Crippen molar-refractivity contribution in [3.8, 4) is 11.5 Å². The zero-order valence-corrected chi connectivity index (χ0v) is 16.7. The second-order valence-corrected chi connectivity index (χ2v) is 7.36. The molecule has 1 aliphatic heterocycles. The molecule has 2 aromatic rings. The fourth-order valence-corrected chi connectivity index (χ4v) is 3.62. The highest BCUT2D eigenvalue weighted by Crippen LogP contribution is 2.26. The average Bonchev–Trinajstić information content (AvgIpc) is 3.14. The van der Waals surface area contributed by atoms with E-state index in [0.29, 0.717) is 27.3 Å². The predicted octanol–water partition coefficient (Wildman–Crippen LogP) is 2.75. The normalized spacial score (nSPS) is 13.7. The molecule has 1 aromatic carbocycles. The third-order valence-corrected chi connectivity index (χ3v) is 5.15. The van der Waals surface area contributed by atoms with E-state index >= 15 is 0 Å². The van der Waals surface area contributed by atoms with Gasteiger partial charge in [-0.15, -0.1) is 10.2 Å². The molecule has 0 atom stereocenters. The minimum Gasteiger partial charge on any atom is -0.497 e. The molecule has 1 aromatic heterocycles. The van der Waals surface area contributed by atoms with Crippen LogP contribution in [-0.2, 0) is 11.2 Å². The van der Waals surface area contributed by atoms with Crippen molar-refractivity contribution in [3.63, 3.8) is 0 Å². The van der Waals surface area contributed by atoms with Crippen LogP contribution in [0, 0.1) is 0 Å². The van der Waals surface area contributed by atoms with Crippen molar-refractivity contribution in [2.24, 2.45) is 0 Å². The predicted molar refractivity (Wildman–Crippen MR) is 106 cm³/mol. The summed E-state index contributed by atoms with van der Waals surface area (Å²) in [5.74, 6) is 1.17. The fraction of sp³-hybridized carbons (Fsp3) is 0.444. The van der Waals surface area contributed by atoms with Crippen LogP contribution in [0.25, 0.3) is 0 Å². The van der Waals surface area contributed by atoms with Gasteiger partial charge >= 0.3 is 6.03 Å². The van der Waals surface area contributed by atoms with E-state index in [-0.39, 0.29) is 12.3 Å². The van der Waals surface area contributed by atoms with E-state index in [1.165, 1.54) is 32.0 Å². The first-order chi connectivity index (χ1) is 13.6. The number of benzene rings is 1. The molecule has 150 valence electrons. The van der Waals surface area contributed by atoms with Gasteiger partial charge in [0.05, 0.1) is 20.6 Å². The standard InChI is InChI=1S/C18H23N5O4S/c1-26-13-8-12(9-14(10-13)27-2)19-17(25)20-18-22-21-15(28-18)11-16(24)23-6-4-3-5-7-23/h8-10H,3-7,11H2,1-2H3,(H2,19,20,22,25). The van der Waals surface area contributed by atoms with Crippen LogP contribution in [0.5, 0.6) is 11.5 Å². The van der Waals surface area contributed by atoms with Crippen molar-refractivity contribution < 1.29 is 19.1 Å². The molecule has 0 bridgehead atoms. The molecule has 0 spiro atoms. The third kappa shape index (κ3) is 5.32. The summed E-state index contributed by atoms with van der Waals surface area (Å²) in [4.78, 5) is 26.4. The van der Waals surface area contributed by atoms with Crippen LogP contribution < -0.4 is 20.1 Å². The Morgan fingerprint density at radius 2 is 1.71 bits per heavy atom. The van der Waals surface area contributed by atoms with E-state index < -0.39 is 6.03 Å². The van der Waals surface area contributed by atoms with Crippen molar-refractivity contribution in [1.29, 1.82) is 0 Å². The average molecular weight is 405 g/mol. The summed E-state index contributed by atoms with van der Waals surface area (Å²) in [6, 6.07) is 4.58. The van der Waals surface area contributed by atoms with E-state index in [4.69, 9.17) is 9.47 Å². The van der Waals surface area contributed by atoms with Crippen molar-refractivity contribution in [2.45, 2.75) is 25.7 Å². The minimum absolute atomic E-state index is 0.0512. The molecular weight excluding hydrogens is 382 g/mol. The Morgan fingerprint density at radius 1 is 1.04 bits per heavy atom. The summed E-state index contributed by atoms with van der Waals surface area (Å²) in [5, 5.41) is 14.2. The van der Waals surface area contributed by atoms with Gasteiger partial charge in [0, 0.05) is 37.0 Å². The molecule has 2 heterocycles. The highest BCUT2D eigenvalue weighted by Gasteiger charge is 2.19. The molecule has 0 radical (unpaired) electrons. The van der Waals surface area contributed by atoms with E-state index in [1.54, 1.807) is 18.2 Å². The smallest absolute Gasteiger partial charge is 0.325 e. The van der Waals surface area contributed by atoms with Crippen LogP contribution in [-0.4, -0.2) is 54.3 Å². The second kappa shape index (κ2) is 9.36. The largest absolute Gasteiger partial charge is 0.497 e. The molecule has 2 N–H and O–H groups in total. The number of urea groups is 1. The summed E-state index contributed by atoms with van der Waals surface area (Å²) < 4.78 is 10.4. The van der Waals surface area contributed by atoms with Gasteiger partial charge in [0.15, 0.2) is 0 Å². The lowest BCUT2D eigenvalue weighted by atomic mass is 10.1. The number of likely N-dealkylation sites (tertiary alicyclic amines) is 1. The number of nitrogens with one attached hydrogen (secondary N) is 2. The number of ether oxygens (including phenoxy) is 2. The Bertz CT molecular complexity index is 813. The SMILES string of the molecule is COc1cc(NC(=O)Nc2nnc(CC(=O)N3CCCCC3)s2)cc(OC)c1. The topological polar surface area (TPSA) is 106 Å². The third-order valence-electron chi connectivity index (χ3n) is 4.31. The first kappa shape index (κ1) is 19.9. The van der Waals surface area contributed by atoms with Gasteiger partial charge in [-0.2, -0.15) is 0 Å². The monoisotopic (exact) mass is 405 g/mol. The Labute approximate surface area is 167 Å². The number of rotatable bonds is 6. The van der Waals surface area contributed by atoms with Gasteiger partial charge in [0.1, 0.15) is 16.5 Å². The molecule has 3 rings (SSSR count). The second-order valence-electron chi connectivity index (χ2n) is 6.30. The lowest BCUT2D eigenvalue weighted by Crippen LogP contribution is -2.36. The van der Waals surface area contributed by atoms with Gasteiger partial charge in [-0.05, 0) is 19.3 Å². The first-order valence-electron chi connectivity index (χ1n) is 8.98. The molecule has 1 saturated heterocycles. The lowest BCUT2D eigenvalue weighted by Gasteiger charge is -2.26. The number of carbonyl (C=O) groups is 2. The highest BCUT2D eigenvalue weighted by molar-refractivity contribution is 7.15. The van der Waals surface area contributed by atoms with E-state index in [0.717, 1.165) is 25.9 Å². The van der Waals surface area contributed by atoms with Crippen LogP contribution in [0.2, 0.25) is 0 Å². The molecule has 0 unspecified atom stereocenters. The maximum absolute atomic E-state index is 12.3. The quantitative estimate of drug-likeness (QED) is 0.766. The van der Waals surface area contributed by atoms with E-state index in [9.17, 15) is 9.59 Å². The number of carbonyl (C=O) groups excluding carboxylic acids is 2. The minimum atomic E-state index is -0.472. The van der Waals surface area contributed by atoms with Crippen molar-refractivity contribution in [2.75, 3.05) is 37.9 Å². The maximum Gasteiger partial charge on any atom is 0.325 e.